The van der Waals surface area contributed by atoms with Crippen LogP contribution in [0.4, 0.5) is 0 Å². The molecule has 0 bridgehead atoms. The number of amides is 1. The maximum absolute atomic E-state index is 12.6. The van der Waals surface area contributed by atoms with E-state index in [1.165, 1.54) is 0 Å². The van der Waals surface area contributed by atoms with Crippen LogP contribution in [0.1, 0.15) is 28.7 Å². The van der Waals surface area contributed by atoms with Gasteiger partial charge in [0.25, 0.3) is 5.91 Å². The summed E-state index contributed by atoms with van der Waals surface area (Å²) >= 11 is 0. The monoisotopic (exact) mass is 299 g/mol. The summed E-state index contributed by atoms with van der Waals surface area (Å²) in [4.78, 5) is 18.9. The number of hydrogen-bond acceptors (Lipinski definition) is 4. The zero-order valence-electron chi connectivity index (χ0n) is 13.2. The minimum atomic E-state index is 0.0430. The van der Waals surface area contributed by atoms with Crippen molar-refractivity contribution in [2.45, 2.75) is 26.8 Å². The molecular weight excluding hydrogens is 278 g/mol. The van der Waals surface area contributed by atoms with Crippen molar-refractivity contribution in [1.29, 1.82) is 0 Å². The number of pyridine rings is 1. The van der Waals surface area contributed by atoms with Gasteiger partial charge in [0.05, 0.1) is 11.3 Å². The lowest BCUT2D eigenvalue weighted by Crippen LogP contribution is -2.52. The van der Waals surface area contributed by atoms with Gasteiger partial charge < -0.3 is 10.2 Å². The van der Waals surface area contributed by atoms with Gasteiger partial charge in [-0.2, -0.15) is 5.10 Å². The number of aromatic nitrogens is 3. The molecule has 3 heterocycles. The topological polar surface area (TPSA) is 63.1 Å². The van der Waals surface area contributed by atoms with E-state index in [9.17, 15) is 4.79 Å². The van der Waals surface area contributed by atoms with Gasteiger partial charge in [0.15, 0.2) is 5.82 Å². The van der Waals surface area contributed by atoms with Gasteiger partial charge in [-0.15, -0.1) is 0 Å². The van der Waals surface area contributed by atoms with Crippen LogP contribution >= 0.6 is 0 Å². The van der Waals surface area contributed by atoms with E-state index < -0.39 is 0 Å². The summed E-state index contributed by atoms with van der Waals surface area (Å²) < 4.78 is 1.79. The summed E-state index contributed by atoms with van der Waals surface area (Å²) in [5, 5.41) is 7.70. The average Bonchev–Trinajstić information content (AvgIpc) is 2.86. The van der Waals surface area contributed by atoms with E-state index in [0.29, 0.717) is 5.56 Å². The normalized spacial score (nSPS) is 18.5. The summed E-state index contributed by atoms with van der Waals surface area (Å²) in [6.07, 6.45) is 1.64. The molecule has 1 fully saturated rings. The molecule has 0 aliphatic carbocycles. The fourth-order valence-electron chi connectivity index (χ4n) is 2.81. The Labute approximate surface area is 130 Å². The maximum Gasteiger partial charge on any atom is 0.255 e. The number of nitrogens with one attached hydrogen (secondary N) is 1. The van der Waals surface area contributed by atoms with Crippen LogP contribution in [0.25, 0.3) is 5.82 Å². The highest BCUT2D eigenvalue weighted by atomic mass is 16.2. The van der Waals surface area contributed by atoms with Crippen molar-refractivity contribution >= 4 is 5.91 Å². The Hall–Kier alpha value is -2.21. The molecule has 2 aromatic heterocycles. The highest BCUT2D eigenvalue weighted by Gasteiger charge is 2.24. The minimum absolute atomic E-state index is 0.0430. The number of nitrogens with zero attached hydrogens (tertiary/aromatic N) is 4. The molecule has 6 nitrogen and oxygen atoms in total. The molecule has 1 atom stereocenters. The average molecular weight is 299 g/mol. The van der Waals surface area contributed by atoms with Crippen LogP contribution < -0.4 is 5.32 Å². The standard InChI is InChI=1S/C16H21N5O/c1-11-8-12(2)21(19-11)15-5-4-14(10-18-15)16(22)20-7-6-17-9-13(20)3/h4-5,8,10,13,17H,6-7,9H2,1-3H3/t13-/m0/s1. The number of rotatable bonds is 2. The molecule has 0 spiro atoms. The van der Waals surface area contributed by atoms with Crippen LogP contribution in [0, 0.1) is 13.8 Å². The lowest BCUT2D eigenvalue weighted by molar-refractivity contribution is 0.0655. The van der Waals surface area contributed by atoms with Crippen LogP contribution in [0.2, 0.25) is 0 Å². The fourth-order valence-corrected chi connectivity index (χ4v) is 2.81. The summed E-state index contributed by atoms with van der Waals surface area (Å²) in [6.45, 7) is 8.41. The molecule has 0 saturated carbocycles. The third-order valence-electron chi connectivity index (χ3n) is 3.98. The highest BCUT2D eigenvalue weighted by molar-refractivity contribution is 5.94. The first kappa shape index (κ1) is 14.7. The number of carbonyl (C=O) groups is 1. The van der Waals surface area contributed by atoms with Gasteiger partial charge in [-0.25, -0.2) is 9.67 Å². The van der Waals surface area contributed by atoms with E-state index in [0.717, 1.165) is 36.8 Å². The number of piperazine rings is 1. The third-order valence-corrected chi connectivity index (χ3v) is 3.98. The van der Waals surface area contributed by atoms with Crippen molar-refractivity contribution in [2.75, 3.05) is 19.6 Å². The largest absolute Gasteiger partial charge is 0.333 e. The number of hydrogen-bond donors (Lipinski definition) is 1. The van der Waals surface area contributed by atoms with Crippen molar-refractivity contribution in [3.8, 4) is 5.82 Å². The molecule has 3 rings (SSSR count). The molecule has 116 valence electrons. The van der Waals surface area contributed by atoms with Crippen LogP contribution in [0.5, 0.6) is 0 Å². The SMILES string of the molecule is Cc1cc(C)n(-c2ccc(C(=O)N3CCNC[C@@H]3C)cn2)n1. The lowest BCUT2D eigenvalue weighted by atomic mass is 10.1. The zero-order chi connectivity index (χ0) is 15.7. The van der Waals surface area contributed by atoms with Crippen LogP contribution in [0.3, 0.4) is 0 Å². The van der Waals surface area contributed by atoms with Gasteiger partial charge in [0.2, 0.25) is 0 Å². The van der Waals surface area contributed by atoms with Crippen LogP contribution in [-0.4, -0.2) is 51.2 Å². The Balaban J connectivity index is 1.82. The second-order valence-corrected chi connectivity index (χ2v) is 5.80. The van der Waals surface area contributed by atoms with Gasteiger partial charge in [0, 0.05) is 37.6 Å². The first-order valence-corrected chi connectivity index (χ1v) is 7.57. The summed E-state index contributed by atoms with van der Waals surface area (Å²) in [6, 6.07) is 5.88. The van der Waals surface area contributed by atoms with Gasteiger partial charge in [-0.1, -0.05) is 0 Å². The number of aryl methyl sites for hydroxylation is 2. The van der Waals surface area contributed by atoms with Gasteiger partial charge in [-0.05, 0) is 39.0 Å². The molecule has 1 aliphatic rings. The van der Waals surface area contributed by atoms with E-state index in [1.54, 1.807) is 10.9 Å². The minimum Gasteiger partial charge on any atom is -0.333 e. The molecule has 0 unspecified atom stereocenters. The number of carbonyl (C=O) groups excluding carboxylic acids is 1. The molecular formula is C16H21N5O. The molecule has 22 heavy (non-hydrogen) atoms. The first-order chi connectivity index (χ1) is 10.6. The van der Waals surface area contributed by atoms with E-state index in [2.05, 4.69) is 22.3 Å². The predicted molar refractivity (Wildman–Crippen MR) is 84.2 cm³/mol. The first-order valence-electron chi connectivity index (χ1n) is 7.57. The fraction of sp³-hybridized carbons (Fsp3) is 0.438. The lowest BCUT2D eigenvalue weighted by Gasteiger charge is -2.33. The maximum atomic E-state index is 12.6. The highest BCUT2D eigenvalue weighted by Crippen LogP contribution is 2.13. The molecule has 2 aromatic rings. The van der Waals surface area contributed by atoms with E-state index >= 15 is 0 Å². The van der Waals surface area contributed by atoms with E-state index in [4.69, 9.17) is 0 Å². The van der Waals surface area contributed by atoms with Gasteiger partial charge in [0.1, 0.15) is 0 Å². The smallest absolute Gasteiger partial charge is 0.255 e. The molecule has 1 aliphatic heterocycles. The molecule has 0 aromatic carbocycles. The second-order valence-electron chi connectivity index (χ2n) is 5.80. The van der Waals surface area contributed by atoms with Crippen LogP contribution in [-0.2, 0) is 0 Å². The second kappa shape index (κ2) is 5.88. The molecule has 1 saturated heterocycles. The van der Waals surface area contributed by atoms with Gasteiger partial charge in [-0.3, -0.25) is 4.79 Å². The van der Waals surface area contributed by atoms with Crippen molar-refractivity contribution < 1.29 is 4.79 Å². The molecule has 1 N–H and O–H groups in total. The Kier molecular flexibility index (Phi) is 3.94. The Morgan fingerprint density at radius 2 is 2.18 bits per heavy atom. The summed E-state index contributed by atoms with van der Waals surface area (Å²) in [7, 11) is 0. The van der Waals surface area contributed by atoms with Gasteiger partial charge >= 0.3 is 0 Å². The van der Waals surface area contributed by atoms with Crippen molar-refractivity contribution in [3.63, 3.8) is 0 Å². The molecule has 6 heteroatoms. The molecule has 0 radical (unpaired) electrons. The zero-order valence-corrected chi connectivity index (χ0v) is 13.2. The van der Waals surface area contributed by atoms with Crippen molar-refractivity contribution in [3.05, 3.63) is 41.3 Å². The Morgan fingerprint density at radius 1 is 1.36 bits per heavy atom. The van der Waals surface area contributed by atoms with E-state index in [1.807, 2.05) is 36.9 Å². The predicted octanol–water partition coefficient (Wildman–Crippen LogP) is 1.32. The summed E-state index contributed by atoms with van der Waals surface area (Å²) in [5.41, 5.74) is 2.60. The summed E-state index contributed by atoms with van der Waals surface area (Å²) in [5.74, 6) is 0.775. The van der Waals surface area contributed by atoms with Crippen molar-refractivity contribution in [1.82, 2.24) is 25.0 Å². The van der Waals surface area contributed by atoms with E-state index in [-0.39, 0.29) is 11.9 Å². The third kappa shape index (κ3) is 2.74. The molecule has 1 amide bonds. The Bertz CT molecular complexity index is 676. The van der Waals surface area contributed by atoms with Crippen LogP contribution in [0.15, 0.2) is 24.4 Å². The van der Waals surface area contributed by atoms with Crippen molar-refractivity contribution in [2.24, 2.45) is 0 Å². The quantitative estimate of drug-likeness (QED) is 0.908. The Morgan fingerprint density at radius 3 is 2.77 bits per heavy atom.